The van der Waals surface area contributed by atoms with Gasteiger partial charge in [-0.25, -0.2) is 0 Å². The average Bonchev–Trinajstić information content (AvgIpc) is 2.21. The number of hydrogen-bond acceptors (Lipinski definition) is 2. The quantitative estimate of drug-likeness (QED) is 0.663. The standard InChI is InChI=1S/C11H16O2/c1-4-9-5-7-10(8-6-9)11(12-2)13-3/h5-8,11H,4H2,1-3H3. The highest BCUT2D eigenvalue weighted by Crippen LogP contribution is 2.17. The summed E-state index contributed by atoms with van der Waals surface area (Å²) in [5, 5.41) is 0. The first-order valence-corrected chi connectivity index (χ1v) is 4.46. The lowest BCUT2D eigenvalue weighted by Crippen LogP contribution is -2.03. The van der Waals surface area contributed by atoms with Crippen LogP contribution in [0.15, 0.2) is 24.3 Å². The molecule has 72 valence electrons. The first kappa shape index (κ1) is 10.2. The summed E-state index contributed by atoms with van der Waals surface area (Å²) < 4.78 is 10.3. The zero-order valence-electron chi connectivity index (χ0n) is 8.41. The van der Waals surface area contributed by atoms with Crippen molar-refractivity contribution in [3.05, 3.63) is 35.4 Å². The second-order valence-electron chi connectivity index (χ2n) is 2.90. The molecule has 0 N–H and O–H groups in total. The van der Waals surface area contributed by atoms with Gasteiger partial charge < -0.3 is 9.47 Å². The Labute approximate surface area is 79.5 Å². The van der Waals surface area contributed by atoms with Gasteiger partial charge in [-0.3, -0.25) is 0 Å². The molecule has 0 fully saturated rings. The largest absolute Gasteiger partial charge is 0.352 e. The Morgan fingerprint density at radius 3 is 2.00 bits per heavy atom. The maximum Gasteiger partial charge on any atom is 0.183 e. The molecule has 0 aliphatic carbocycles. The minimum absolute atomic E-state index is 0.245. The van der Waals surface area contributed by atoms with Gasteiger partial charge in [-0.05, 0) is 12.0 Å². The molecular formula is C11H16O2. The molecule has 0 aliphatic rings. The Balaban J connectivity index is 2.78. The van der Waals surface area contributed by atoms with Crippen molar-refractivity contribution in [2.75, 3.05) is 14.2 Å². The van der Waals surface area contributed by atoms with E-state index in [4.69, 9.17) is 9.47 Å². The normalized spacial score (nSPS) is 10.8. The van der Waals surface area contributed by atoms with Crippen LogP contribution in [0.5, 0.6) is 0 Å². The van der Waals surface area contributed by atoms with Crippen LogP contribution in [0.2, 0.25) is 0 Å². The molecule has 0 unspecified atom stereocenters. The molecule has 1 aromatic carbocycles. The zero-order valence-corrected chi connectivity index (χ0v) is 8.41. The van der Waals surface area contributed by atoms with Gasteiger partial charge in [0.1, 0.15) is 0 Å². The summed E-state index contributed by atoms with van der Waals surface area (Å²) in [6, 6.07) is 8.27. The van der Waals surface area contributed by atoms with Gasteiger partial charge in [0.15, 0.2) is 6.29 Å². The second-order valence-corrected chi connectivity index (χ2v) is 2.90. The fraction of sp³-hybridized carbons (Fsp3) is 0.455. The monoisotopic (exact) mass is 180 g/mol. The summed E-state index contributed by atoms with van der Waals surface area (Å²) in [5.74, 6) is 0. The van der Waals surface area contributed by atoms with Crippen molar-refractivity contribution in [3.8, 4) is 0 Å². The van der Waals surface area contributed by atoms with Crippen LogP contribution in [0, 0.1) is 0 Å². The molecule has 0 amide bonds. The minimum atomic E-state index is -0.245. The predicted octanol–water partition coefficient (Wildman–Crippen LogP) is 2.54. The Morgan fingerprint density at radius 2 is 1.62 bits per heavy atom. The summed E-state index contributed by atoms with van der Waals surface area (Å²) in [5.41, 5.74) is 2.39. The number of benzene rings is 1. The van der Waals surface area contributed by atoms with E-state index >= 15 is 0 Å². The predicted molar refractivity (Wildman–Crippen MR) is 52.6 cm³/mol. The molecule has 0 spiro atoms. The summed E-state index contributed by atoms with van der Waals surface area (Å²) in [4.78, 5) is 0. The molecule has 0 saturated carbocycles. The van der Waals surface area contributed by atoms with Gasteiger partial charge >= 0.3 is 0 Å². The van der Waals surface area contributed by atoms with E-state index in [1.54, 1.807) is 14.2 Å². The average molecular weight is 180 g/mol. The van der Waals surface area contributed by atoms with Gasteiger partial charge in [0.2, 0.25) is 0 Å². The summed E-state index contributed by atoms with van der Waals surface area (Å²) >= 11 is 0. The first-order chi connectivity index (χ1) is 6.31. The highest BCUT2D eigenvalue weighted by Gasteiger charge is 2.07. The van der Waals surface area contributed by atoms with Crippen LogP contribution >= 0.6 is 0 Å². The number of rotatable bonds is 4. The van der Waals surface area contributed by atoms with E-state index in [1.807, 2.05) is 12.1 Å². The van der Waals surface area contributed by atoms with Gasteiger partial charge in [-0.1, -0.05) is 31.2 Å². The van der Waals surface area contributed by atoms with E-state index in [2.05, 4.69) is 19.1 Å². The maximum atomic E-state index is 5.14. The summed E-state index contributed by atoms with van der Waals surface area (Å²) in [6.45, 7) is 2.14. The molecule has 0 heterocycles. The third kappa shape index (κ3) is 2.54. The highest BCUT2D eigenvalue weighted by atomic mass is 16.7. The van der Waals surface area contributed by atoms with Gasteiger partial charge in [-0.2, -0.15) is 0 Å². The Morgan fingerprint density at radius 1 is 1.08 bits per heavy atom. The lowest BCUT2D eigenvalue weighted by molar-refractivity contribution is -0.106. The van der Waals surface area contributed by atoms with Crippen LogP contribution in [0.3, 0.4) is 0 Å². The van der Waals surface area contributed by atoms with E-state index in [0.717, 1.165) is 12.0 Å². The molecule has 0 radical (unpaired) electrons. The lowest BCUT2D eigenvalue weighted by Gasteiger charge is -2.13. The molecule has 0 aliphatic heterocycles. The molecule has 0 aromatic heterocycles. The van der Waals surface area contributed by atoms with Gasteiger partial charge in [0.05, 0.1) is 0 Å². The van der Waals surface area contributed by atoms with Crippen LogP contribution in [-0.2, 0) is 15.9 Å². The van der Waals surface area contributed by atoms with E-state index in [1.165, 1.54) is 5.56 Å². The second kappa shape index (κ2) is 5.00. The van der Waals surface area contributed by atoms with Crippen LogP contribution in [0.4, 0.5) is 0 Å². The fourth-order valence-corrected chi connectivity index (χ4v) is 1.28. The molecular weight excluding hydrogens is 164 g/mol. The number of methoxy groups -OCH3 is 2. The topological polar surface area (TPSA) is 18.5 Å². The highest BCUT2D eigenvalue weighted by molar-refractivity contribution is 5.23. The molecule has 2 heteroatoms. The summed E-state index contributed by atoms with van der Waals surface area (Å²) in [6.07, 6.45) is 0.816. The zero-order chi connectivity index (χ0) is 9.68. The van der Waals surface area contributed by atoms with Crippen molar-refractivity contribution < 1.29 is 9.47 Å². The minimum Gasteiger partial charge on any atom is -0.352 e. The third-order valence-corrected chi connectivity index (χ3v) is 2.09. The van der Waals surface area contributed by atoms with E-state index < -0.39 is 0 Å². The maximum absolute atomic E-state index is 5.14. The molecule has 0 saturated heterocycles. The lowest BCUT2D eigenvalue weighted by atomic mass is 10.1. The van der Waals surface area contributed by atoms with Crippen molar-refractivity contribution in [1.82, 2.24) is 0 Å². The van der Waals surface area contributed by atoms with E-state index in [-0.39, 0.29) is 6.29 Å². The van der Waals surface area contributed by atoms with E-state index in [0.29, 0.717) is 0 Å². The Bertz CT molecular complexity index is 237. The first-order valence-electron chi connectivity index (χ1n) is 4.46. The molecule has 0 bridgehead atoms. The smallest absolute Gasteiger partial charge is 0.183 e. The molecule has 1 aromatic rings. The van der Waals surface area contributed by atoms with Crippen LogP contribution < -0.4 is 0 Å². The van der Waals surface area contributed by atoms with Crippen molar-refractivity contribution in [2.24, 2.45) is 0 Å². The fourth-order valence-electron chi connectivity index (χ4n) is 1.28. The number of aryl methyl sites for hydroxylation is 1. The van der Waals surface area contributed by atoms with Crippen molar-refractivity contribution in [2.45, 2.75) is 19.6 Å². The Kier molecular flexibility index (Phi) is 3.93. The van der Waals surface area contributed by atoms with Crippen LogP contribution in [-0.4, -0.2) is 14.2 Å². The molecule has 2 nitrogen and oxygen atoms in total. The van der Waals surface area contributed by atoms with Crippen LogP contribution in [0.1, 0.15) is 24.3 Å². The number of hydrogen-bond donors (Lipinski definition) is 0. The SMILES string of the molecule is CCc1ccc(C(OC)OC)cc1. The van der Waals surface area contributed by atoms with Gasteiger partial charge in [-0.15, -0.1) is 0 Å². The van der Waals surface area contributed by atoms with Crippen LogP contribution in [0.25, 0.3) is 0 Å². The van der Waals surface area contributed by atoms with E-state index in [9.17, 15) is 0 Å². The third-order valence-electron chi connectivity index (χ3n) is 2.09. The summed E-state index contributed by atoms with van der Waals surface area (Å²) in [7, 11) is 3.28. The van der Waals surface area contributed by atoms with Crippen molar-refractivity contribution in [1.29, 1.82) is 0 Å². The molecule has 13 heavy (non-hydrogen) atoms. The van der Waals surface area contributed by atoms with Gasteiger partial charge in [0, 0.05) is 19.8 Å². The van der Waals surface area contributed by atoms with Crippen molar-refractivity contribution >= 4 is 0 Å². The Hall–Kier alpha value is -0.860. The molecule has 0 atom stereocenters. The van der Waals surface area contributed by atoms with Crippen molar-refractivity contribution in [3.63, 3.8) is 0 Å². The van der Waals surface area contributed by atoms with Gasteiger partial charge in [0.25, 0.3) is 0 Å². The molecule has 1 rings (SSSR count). The number of ether oxygens (including phenoxy) is 2.